The summed E-state index contributed by atoms with van der Waals surface area (Å²) in [6.07, 6.45) is -4.00. The van der Waals surface area contributed by atoms with Crippen molar-refractivity contribution in [2.45, 2.75) is 31.7 Å². The summed E-state index contributed by atoms with van der Waals surface area (Å²) < 4.78 is 53.2. The Hall–Kier alpha value is -2.36. The van der Waals surface area contributed by atoms with Gasteiger partial charge < -0.3 is 20.5 Å². The van der Waals surface area contributed by atoms with Crippen molar-refractivity contribution in [1.29, 1.82) is 0 Å². The van der Waals surface area contributed by atoms with Crippen LogP contribution in [-0.2, 0) is 6.54 Å². The molecule has 10 heteroatoms. The third-order valence-electron chi connectivity index (χ3n) is 2.88. The zero-order chi connectivity index (χ0) is 18.9. The zero-order valence-electron chi connectivity index (χ0n) is 13.3. The minimum absolute atomic E-state index is 0.00217. The number of allylic oxidation sites excluding steroid dienone is 1. The summed E-state index contributed by atoms with van der Waals surface area (Å²) in [5.74, 6) is -0.761. The van der Waals surface area contributed by atoms with Gasteiger partial charge in [0.15, 0.2) is 6.61 Å². The molecular formula is C15H19F4N3O3. The molecule has 1 heterocycles. The molecular weight excluding hydrogens is 346 g/mol. The van der Waals surface area contributed by atoms with Crippen molar-refractivity contribution in [2.75, 3.05) is 13.2 Å². The van der Waals surface area contributed by atoms with Crippen molar-refractivity contribution in [3.63, 3.8) is 0 Å². The van der Waals surface area contributed by atoms with Crippen LogP contribution in [0.25, 0.3) is 0 Å². The van der Waals surface area contributed by atoms with E-state index in [1.807, 2.05) is 0 Å². The molecule has 0 fully saturated rings. The van der Waals surface area contributed by atoms with Gasteiger partial charge in [-0.15, -0.1) is 0 Å². The second-order valence-electron chi connectivity index (χ2n) is 5.18. The standard InChI is InChI=1S/C15H19F4N3O3/c1-10(16)2-3-12(23)8-22-14(24)21-7-11-4-5-20-13(6-11)25-9-15(17,18)19/h4-6,12,23H,1-3,7-9H2,(H2,21,22,24). The monoisotopic (exact) mass is 365 g/mol. The highest BCUT2D eigenvalue weighted by Crippen LogP contribution is 2.17. The van der Waals surface area contributed by atoms with Gasteiger partial charge in [-0.1, -0.05) is 6.58 Å². The van der Waals surface area contributed by atoms with E-state index >= 15 is 0 Å². The quantitative estimate of drug-likeness (QED) is 0.587. The average Bonchev–Trinajstić information content (AvgIpc) is 2.54. The van der Waals surface area contributed by atoms with Crippen LogP contribution in [0.2, 0.25) is 0 Å². The fourth-order valence-corrected chi connectivity index (χ4v) is 1.68. The molecule has 6 nitrogen and oxygen atoms in total. The lowest BCUT2D eigenvalue weighted by atomic mass is 10.2. The van der Waals surface area contributed by atoms with E-state index in [4.69, 9.17) is 0 Å². The van der Waals surface area contributed by atoms with Gasteiger partial charge in [-0.25, -0.2) is 14.2 Å². The molecule has 0 radical (unpaired) electrons. The Kier molecular flexibility index (Phi) is 8.12. The fourth-order valence-electron chi connectivity index (χ4n) is 1.68. The van der Waals surface area contributed by atoms with Gasteiger partial charge in [0.2, 0.25) is 5.88 Å². The van der Waals surface area contributed by atoms with Crippen molar-refractivity contribution < 1.29 is 32.2 Å². The van der Waals surface area contributed by atoms with Crippen LogP contribution in [0.1, 0.15) is 18.4 Å². The highest BCUT2D eigenvalue weighted by Gasteiger charge is 2.28. The van der Waals surface area contributed by atoms with E-state index in [0.29, 0.717) is 5.56 Å². The molecule has 2 amide bonds. The maximum atomic E-state index is 12.4. The van der Waals surface area contributed by atoms with E-state index in [0.717, 1.165) is 0 Å². The highest BCUT2D eigenvalue weighted by molar-refractivity contribution is 5.73. The van der Waals surface area contributed by atoms with Gasteiger partial charge in [0.25, 0.3) is 0 Å². The van der Waals surface area contributed by atoms with Crippen LogP contribution >= 0.6 is 0 Å². The van der Waals surface area contributed by atoms with E-state index < -0.39 is 30.7 Å². The minimum Gasteiger partial charge on any atom is -0.468 e. The Morgan fingerprint density at radius 1 is 1.40 bits per heavy atom. The Labute approximate surface area is 141 Å². The number of nitrogens with zero attached hydrogens (tertiary/aromatic N) is 1. The number of nitrogens with one attached hydrogen (secondary N) is 2. The molecule has 1 aromatic rings. The van der Waals surface area contributed by atoms with E-state index in [2.05, 4.69) is 26.9 Å². The first-order chi connectivity index (χ1) is 11.7. The van der Waals surface area contributed by atoms with Crippen molar-refractivity contribution in [1.82, 2.24) is 15.6 Å². The van der Waals surface area contributed by atoms with Gasteiger partial charge in [0.05, 0.1) is 11.9 Å². The number of urea groups is 1. The Morgan fingerprint density at radius 3 is 2.76 bits per heavy atom. The number of alkyl halides is 3. The summed E-state index contributed by atoms with van der Waals surface area (Å²) in [6, 6.07) is 2.18. The summed E-state index contributed by atoms with van der Waals surface area (Å²) in [7, 11) is 0. The van der Waals surface area contributed by atoms with Crippen molar-refractivity contribution in [2.24, 2.45) is 0 Å². The number of carbonyl (C=O) groups is 1. The number of aliphatic hydroxyl groups excluding tert-OH is 1. The largest absolute Gasteiger partial charge is 0.468 e. The second-order valence-corrected chi connectivity index (χ2v) is 5.18. The molecule has 1 unspecified atom stereocenters. The molecule has 1 atom stereocenters. The van der Waals surface area contributed by atoms with Crippen molar-refractivity contribution >= 4 is 6.03 Å². The molecule has 0 bridgehead atoms. The van der Waals surface area contributed by atoms with Gasteiger partial charge in [-0.05, 0) is 18.1 Å². The van der Waals surface area contributed by atoms with Crippen molar-refractivity contribution in [3.8, 4) is 5.88 Å². The smallest absolute Gasteiger partial charge is 0.422 e. The van der Waals surface area contributed by atoms with Crippen LogP contribution in [0.15, 0.2) is 30.7 Å². The maximum absolute atomic E-state index is 12.4. The minimum atomic E-state index is -4.47. The SMILES string of the molecule is C=C(F)CCC(O)CNC(=O)NCc1ccnc(OCC(F)(F)F)c1. The molecule has 0 aliphatic heterocycles. The third kappa shape index (κ3) is 10.2. The molecule has 0 aliphatic rings. The number of pyridine rings is 1. The second kappa shape index (κ2) is 9.82. The number of ether oxygens (including phenoxy) is 1. The summed E-state index contributed by atoms with van der Waals surface area (Å²) in [4.78, 5) is 15.2. The predicted molar refractivity (Wildman–Crippen MR) is 81.5 cm³/mol. The van der Waals surface area contributed by atoms with Gasteiger partial charge in [0, 0.05) is 31.8 Å². The molecule has 0 spiro atoms. The summed E-state index contributed by atoms with van der Waals surface area (Å²) >= 11 is 0. The van der Waals surface area contributed by atoms with E-state index in [1.165, 1.54) is 18.3 Å². The van der Waals surface area contributed by atoms with Gasteiger partial charge >= 0.3 is 12.2 Å². The number of aliphatic hydroxyl groups is 1. The number of carbonyl (C=O) groups excluding carboxylic acids is 1. The molecule has 1 aromatic heterocycles. The normalized spacial score (nSPS) is 12.4. The number of hydrogen-bond donors (Lipinski definition) is 3. The fraction of sp³-hybridized carbons (Fsp3) is 0.467. The van der Waals surface area contributed by atoms with Gasteiger partial charge in [0.1, 0.15) is 0 Å². The third-order valence-corrected chi connectivity index (χ3v) is 2.88. The van der Waals surface area contributed by atoms with Crippen LogP contribution in [0.4, 0.5) is 22.4 Å². The molecule has 140 valence electrons. The topological polar surface area (TPSA) is 83.5 Å². The van der Waals surface area contributed by atoms with Crippen LogP contribution < -0.4 is 15.4 Å². The lowest BCUT2D eigenvalue weighted by Crippen LogP contribution is -2.39. The number of halogens is 4. The lowest BCUT2D eigenvalue weighted by Gasteiger charge is -2.12. The van der Waals surface area contributed by atoms with E-state index in [-0.39, 0.29) is 31.8 Å². The highest BCUT2D eigenvalue weighted by atomic mass is 19.4. The molecule has 0 aliphatic carbocycles. The first-order valence-electron chi connectivity index (χ1n) is 7.33. The number of amides is 2. The Morgan fingerprint density at radius 2 is 2.12 bits per heavy atom. The molecule has 3 N–H and O–H groups in total. The average molecular weight is 365 g/mol. The van der Waals surface area contributed by atoms with Crippen LogP contribution in [0.3, 0.4) is 0 Å². The van der Waals surface area contributed by atoms with Crippen LogP contribution in [0.5, 0.6) is 5.88 Å². The van der Waals surface area contributed by atoms with Crippen LogP contribution in [0, 0.1) is 0 Å². The predicted octanol–water partition coefficient (Wildman–Crippen LogP) is 2.45. The van der Waals surface area contributed by atoms with Crippen molar-refractivity contribution in [3.05, 3.63) is 36.3 Å². The molecule has 0 saturated carbocycles. The molecule has 0 saturated heterocycles. The zero-order valence-corrected chi connectivity index (χ0v) is 13.3. The maximum Gasteiger partial charge on any atom is 0.422 e. The van der Waals surface area contributed by atoms with E-state index in [9.17, 15) is 27.5 Å². The van der Waals surface area contributed by atoms with Gasteiger partial charge in [-0.2, -0.15) is 13.2 Å². The lowest BCUT2D eigenvalue weighted by molar-refractivity contribution is -0.154. The summed E-state index contributed by atoms with van der Waals surface area (Å²) in [5, 5.41) is 14.4. The summed E-state index contributed by atoms with van der Waals surface area (Å²) in [5.41, 5.74) is 0.483. The molecule has 1 rings (SSSR count). The number of aromatic nitrogens is 1. The Bertz CT molecular complexity index is 581. The van der Waals surface area contributed by atoms with E-state index in [1.54, 1.807) is 0 Å². The number of hydrogen-bond acceptors (Lipinski definition) is 4. The first kappa shape index (κ1) is 20.7. The first-order valence-corrected chi connectivity index (χ1v) is 7.33. The van der Waals surface area contributed by atoms with Gasteiger partial charge in [-0.3, -0.25) is 0 Å². The van der Waals surface area contributed by atoms with Crippen LogP contribution in [-0.4, -0.2) is 41.6 Å². The summed E-state index contributed by atoms with van der Waals surface area (Å²) in [6.45, 7) is 1.55. The number of rotatable bonds is 9. The molecule has 25 heavy (non-hydrogen) atoms. The molecule has 0 aromatic carbocycles. The Balaban J connectivity index is 2.34.